The Kier molecular flexibility index (Phi) is 8.32. The van der Waals surface area contributed by atoms with Gasteiger partial charge in [-0.3, -0.25) is 0 Å². The van der Waals surface area contributed by atoms with Crippen LogP contribution in [0.25, 0.3) is 0 Å². The second kappa shape index (κ2) is 10.5. The molecule has 2 rings (SSSR count). The van der Waals surface area contributed by atoms with Crippen molar-refractivity contribution < 1.29 is 24.5 Å². The molecule has 0 heterocycles. The van der Waals surface area contributed by atoms with E-state index in [0.29, 0.717) is 23.3 Å². The first kappa shape index (κ1) is 23.8. The monoisotopic (exact) mass is 431 g/mol. The number of rotatable bonds is 9. The van der Waals surface area contributed by atoms with Gasteiger partial charge in [-0.15, -0.1) is 11.8 Å². The van der Waals surface area contributed by atoms with Crippen molar-refractivity contribution in [1.82, 2.24) is 5.32 Å². The molecule has 0 bridgehead atoms. The summed E-state index contributed by atoms with van der Waals surface area (Å²) in [5.41, 5.74) is 0.682. The first-order valence-electron chi connectivity index (χ1n) is 9.78. The van der Waals surface area contributed by atoms with Gasteiger partial charge in [0.05, 0.1) is 12.6 Å². The first-order chi connectivity index (χ1) is 14.2. The standard InChI is InChI=1S/C23H29NO5S/c1-22(2,3)29-21(28)24-19(16-25)14-15-30-23(20(26)27,17-10-6-4-7-11-17)18-12-8-5-9-13-18/h4-13,19,25H,14-16H2,1-3H3,(H,24,28)(H,26,27)/t19-/m0/s1. The zero-order valence-electron chi connectivity index (χ0n) is 17.5. The van der Waals surface area contributed by atoms with Crippen LogP contribution in [0, 0.1) is 0 Å². The number of carboxylic acids is 1. The molecule has 3 N–H and O–H groups in total. The number of aliphatic carboxylic acids is 1. The molecule has 0 aromatic heterocycles. The molecule has 0 fully saturated rings. The van der Waals surface area contributed by atoms with Crippen LogP contribution < -0.4 is 5.32 Å². The summed E-state index contributed by atoms with van der Waals surface area (Å²) in [6.45, 7) is 5.02. The molecule has 0 aliphatic carbocycles. The molecular weight excluding hydrogens is 402 g/mol. The van der Waals surface area contributed by atoms with E-state index in [4.69, 9.17) is 4.74 Å². The number of benzene rings is 2. The Labute approximate surface area is 181 Å². The van der Waals surface area contributed by atoms with E-state index in [9.17, 15) is 19.8 Å². The zero-order chi connectivity index (χ0) is 22.2. The molecule has 0 aliphatic rings. The SMILES string of the molecule is CC(C)(C)OC(=O)N[C@H](CO)CCSC(C(=O)O)(c1ccccc1)c1ccccc1. The van der Waals surface area contributed by atoms with Gasteiger partial charge in [0.15, 0.2) is 4.75 Å². The fraction of sp³-hybridized carbons (Fsp3) is 0.391. The van der Waals surface area contributed by atoms with Gasteiger partial charge in [0.2, 0.25) is 0 Å². The van der Waals surface area contributed by atoms with E-state index in [2.05, 4.69) is 5.32 Å². The third-order valence-corrected chi connectivity index (χ3v) is 5.91. The lowest BCUT2D eigenvalue weighted by atomic mass is 9.90. The average molecular weight is 432 g/mol. The van der Waals surface area contributed by atoms with Gasteiger partial charge in [0.25, 0.3) is 0 Å². The van der Waals surface area contributed by atoms with Crippen LogP contribution in [0.5, 0.6) is 0 Å². The molecular formula is C23H29NO5S. The average Bonchev–Trinajstić information content (AvgIpc) is 2.70. The smallest absolute Gasteiger partial charge is 0.407 e. The second-order valence-corrected chi connectivity index (χ2v) is 9.19. The summed E-state index contributed by atoms with van der Waals surface area (Å²) in [4.78, 5) is 24.5. The molecule has 0 saturated carbocycles. The van der Waals surface area contributed by atoms with Gasteiger partial charge in [-0.25, -0.2) is 9.59 Å². The highest BCUT2D eigenvalue weighted by atomic mass is 32.2. The topological polar surface area (TPSA) is 95.9 Å². The maximum Gasteiger partial charge on any atom is 0.407 e. The van der Waals surface area contributed by atoms with Crippen LogP contribution >= 0.6 is 11.8 Å². The van der Waals surface area contributed by atoms with Crippen molar-refractivity contribution in [3.8, 4) is 0 Å². The van der Waals surface area contributed by atoms with Crippen molar-refractivity contribution in [2.45, 2.75) is 43.6 Å². The van der Waals surface area contributed by atoms with Crippen molar-refractivity contribution in [3.05, 3.63) is 71.8 Å². The van der Waals surface area contributed by atoms with E-state index in [1.54, 1.807) is 45.0 Å². The Morgan fingerprint density at radius 2 is 1.50 bits per heavy atom. The summed E-state index contributed by atoms with van der Waals surface area (Å²) in [7, 11) is 0. The largest absolute Gasteiger partial charge is 0.480 e. The van der Waals surface area contributed by atoms with E-state index >= 15 is 0 Å². The minimum absolute atomic E-state index is 0.267. The highest BCUT2D eigenvalue weighted by Crippen LogP contribution is 2.43. The number of hydrogen-bond donors (Lipinski definition) is 3. The number of ether oxygens (including phenoxy) is 1. The van der Waals surface area contributed by atoms with Crippen molar-refractivity contribution in [2.75, 3.05) is 12.4 Å². The number of carbonyl (C=O) groups excluding carboxylic acids is 1. The Morgan fingerprint density at radius 3 is 1.90 bits per heavy atom. The minimum Gasteiger partial charge on any atom is -0.480 e. The van der Waals surface area contributed by atoms with Crippen LogP contribution in [0.1, 0.15) is 38.3 Å². The van der Waals surface area contributed by atoms with E-state index in [1.165, 1.54) is 11.8 Å². The van der Waals surface area contributed by atoms with Crippen molar-refractivity contribution in [2.24, 2.45) is 0 Å². The van der Waals surface area contributed by atoms with Crippen LogP contribution in [0.4, 0.5) is 4.79 Å². The maximum absolute atomic E-state index is 12.5. The predicted octanol–water partition coefficient (Wildman–Crippen LogP) is 4.02. The highest BCUT2D eigenvalue weighted by molar-refractivity contribution is 8.01. The van der Waals surface area contributed by atoms with Crippen molar-refractivity contribution in [1.29, 1.82) is 0 Å². The fourth-order valence-corrected chi connectivity index (χ4v) is 4.46. The van der Waals surface area contributed by atoms with E-state index < -0.39 is 28.5 Å². The summed E-state index contributed by atoms with van der Waals surface area (Å²) in [6.07, 6.45) is -0.225. The predicted molar refractivity (Wildman–Crippen MR) is 119 cm³/mol. The van der Waals surface area contributed by atoms with Gasteiger partial charge in [-0.1, -0.05) is 60.7 Å². The van der Waals surface area contributed by atoms with Crippen LogP contribution in [-0.4, -0.2) is 46.3 Å². The summed E-state index contributed by atoms with van der Waals surface area (Å²) in [5.74, 6) is -0.567. The fourth-order valence-electron chi connectivity index (χ4n) is 3.03. The molecule has 0 unspecified atom stereocenters. The Hall–Kier alpha value is -2.51. The van der Waals surface area contributed by atoms with Crippen LogP contribution in [0.15, 0.2) is 60.7 Å². The second-order valence-electron chi connectivity index (χ2n) is 7.88. The van der Waals surface area contributed by atoms with E-state index in [-0.39, 0.29) is 6.61 Å². The number of nitrogens with one attached hydrogen (secondary N) is 1. The summed E-state index contributed by atoms with van der Waals surface area (Å²) < 4.78 is 3.93. The quantitative estimate of drug-likeness (QED) is 0.555. The third kappa shape index (κ3) is 6.24. The van der Waals surface area contributed by atoms with Gasteiger partial charge in [0.1, 0.15) is 5.60 Å². The number of carbonyl (C=O) groups is 2. The Bertz CT molecular complexity index is 781. The summed E-state index contributed by atoms with van der Waals surface area (Å²) in [5, 5.41) is 22.6. The number of thioether (sulfide) groups is 1. The van der Waals surface area contributed by atoms with Crippen LogP contribution in [0.3, 0.4) is 0 Å². The first-order valence-corrected chi connectivity index (χ1v) is 10.8. The number of hydrogen-bond acceptors (Lipinski definition) is 5. The summed E-state index contributed by atoms with van der Waals surface area (Å²) >= 11 is 1.26. The number of alkyl carbamates (subject to hydrolysis) is 1. The molecule has 0 radical (unpaired) electrons. The molecule has 2 aromatic rings. The van der Waals surface area contributed by atoms with E-state index in [1.807, 2.05) is 36.4 Å². The molecule has 162 valence electrons. The zero-order valence-corrected chi connectivity index (χ0v) is 18.3. The molecule has 30 heavy (non-hydrogen) atoms. The number of amides is 1. The minimum atomic E-state index is -1.30. The van der Waals surface area contributed by atoms with Gasteiger partial charge < -0.3 is 20.3 Å². The highest BCUT2D eigenvalue weighted by Gasteiger charge is 2.42. The number of aliphatic hydroxyl groups is 1. The van der Waals surface area contributed by atoms with Gasteiger partial charge in [0, 0.05) is 0 Å². The van der Waals surface area contributed by atoms with Crippen molar-refractivity contribution in [3.63, 3.8) is 0 Å². The van der Waals surface area contributed by atoms with Gasteiger partial charge in [-0.2, -0.15) is 0 Å². The number of aliphatic hydroxyl groups excluding tert-OH is 1. The lowest BCUT2D eigenvalue weighted by Crippen LogP contribution is -2.41. The molecule has 0 aliphatic heterocycles. The molecule has 1 amide bonds. The molecule has 0 saturated heterocycles. The third-order valence-electron chi connectivity index (χ3n) is 4.39. The molecule has 6 nitrogen and oxygen atoms in total. The van der Waals surface area contributed by atoms with Crippen LogP contribution in [-0.2, 0) is 14.3 Å². The van der Waals surface area contributed by atoms with Gasteiger partial charge in [-0.05, 0) is 44.1 Å². The van der Waals surface area contributed by atoms with E-state index in [0.717, 1.165) is 0 Å². The Morgan fingerprint density at radius 1 is 1.00 bits per heavy atom. The maximum atomic E-state index is 12.5. The lowest BCUT2D eigenvalue weighted by molar-refractivity contribution is -0.138. The Balaban J connectivity index is 2.19. The molecule has 0 spiro atoms. The molecule has 7 heteroatoms. The normalized spacial score (nSPS) is 12.8. The molecule has 2 aromatic carbocycles. The van der Waals surface area contributed by atoms with Crippen molar-refractivity contribution >= 4 is 23.8 Å². The summed E-state index contributed by atoms with van der Waals surface area (Å²) in [6, 6.07) is 17.6. The number of carboxylic acid groups (broad SMARTS) is 1. The van der Waals surface area contributed by atoms with Gasteiger partial charge >= 0.3 is 12.1 Å². The van der Waals surface area contributed by atoms with Crippen LogP contribution in [0.2, 0.25) is 0 Å². The molecule has 1 atom stereocenters. The lowest BCUT2D eigenvalue weighted by Gasteiger charge is -2.31.